The number of aromatic hydroxyl groups is 1. The zero-order chi connectivity index (χ0) is 22.8. The highest BCUT2D eigenvalue weighted by molar-refractivity contribution is 7.91. The van der Waals surface area contributed by atoms with Crippen LogP contribution >= 0.6 is 0 Å². The van der Waals surface area contributed by atoms with Gasteiger partial charge in [-0.2, -0.15) is 8.42 Å². The van der Waals surface area contributed by atoms with Gasteiger partial charge in [0.2, 0.25) is 15.9 Å². The second-order valence-corrected chi connectivity index (χ2v) is 10.8. The van der Waals surface area contributed by atoms with E-state index in [4.69, 9.17) is 0 Å². The minimum atomic E-state index is -3.99. The average molecular weight is 468 g/mol. The molecule has 168 valence electrons. The molecule has 1 aliphatic rings. The summed E-state index contributed by atoms with van der Waals surface area (Å²) in [6, 6.07) is 11.2. The van der Waals surface area contributed by atoms with Crippen LogP contribution in [0.5, 0.6) is 5.75 Å². The van der Waals surface area contributed by atoms with Crippen LogP contribution in [0.3, 0.4) is 0 Å². The van der Waals surface area contributed by atoms with E-state index in [1.807, 2.05) is 18.6 Å². The maximum Gasteiger partial charge on any atom is 0.330 e. The van der Waals surface area contributed by atoms with Crippen LogP contribution in [0.1, 0.15) is 37.3 Å². The highest BCUT2D eigenvalue weighted by Gasteiger charge is 2.30. The summed E-state index contributed by atoms with van der Waals surface area (Å²) in [5.41, 5.74) is 1.76. The number of nitrogens with one attached hydrogen (secondary N) is 2. The molecule has 31 heavy (non-hydrogen) atoms. The van der Waals surface area contributed by atoms with Gasteiger partial charge in [-0.05, 0) is 54.2 Å². The predicted molar refractivity (Wildman–Crippen MR) is 117 cm³/mol. The average Bonchev–Trinajstić information content (AvgIpc) is 2.97. The first-order valence-electron chi connectivity index (χ1n) is 9.64. The van der Waals surface area contributed by atoms with Crippen LogP contribution in [-0.2, 0) is 26.7 Å². The van der Waals surface area contributed by atoms with Gasteiger partial charge in [0.1, 0.15) is 11.4 Å². The van der Waals surface area contributed by atoms with Gasteiger partial charge in [0.15, 0.2) is 0 Å². The number of aliphatic hydroxyl groups is 1. The van der Waals surface area contributed by atoms with Crippen molar-refractivity contribution in [3.8, 4) is 5.75 Å². The number of benzene rings is 2. The van der Waals surface area contributed by atoms with Crippen LogP contribution in [0.15, 0.2) is 59.4 Å². The number of aryl methyl sites for hydroxylation is 1. The van der Waals surface area contributed by atoms with Gasteiger partial charge < -0.3 is 10.2 Å². The first kappa shape index (κ1) is 22.9. The van der Waals surface area contributed by atoms with E-state index in [2.05, 4.69) is 4.72 Å². The Morgan fingerprint density at radius 2 is 1.77 bits per heavy atom. The van der Waals surface area contributed by atoms with Crippen molar-refractivity contribution in [2.45, 2.75) is 37.5 Å². The minimum absolute atomic E-state index is 0.00847. The molecule has 0 aromatic heterocycles. The molecule has 0 aliphatic carbocycles. The summed E-state index contributed by atoms with van der Waals surface area (Å²) in [6.07, 6.45) is 1.90. The number of aliphatic hydroxyl groups excluding tert-OH is 1. The fourth-order valence-corrected chi connectivity index (χ4v) is 5.25. The van der Waals surface area contributed by atoms with Crippen LogP contribution in [0, 0.1) is 0 Å². The lowest BCUT2D eigenvalue weighted by Gasteiger charge is -2.16. The summed E-state index contributed by atoms with van der Waals surface area (Å²) in [4.78, 5) is 0.204. The topological polar surface area (TPSA) is 136 Å². The normalized spacial score (nSPS) is 15.7. The van der Waals surface area contributed by atoms with Crippen molar-refractivity contribution < 1.29 is 27.0 Å². The van der Waals surface area contributed by atoms with Crippen molar-refractivity contribution in [1.29, 1.82) is 0 Å². The molecule has 3 rings (SSSR count). The summed E-state index contributed by atoms with van der Waals surface area (Å²) in [5, 5.41) is 19.6. The first-order valence-corrected chi connectivity index (χ1v) is 12.6. The number of phenols is 1. The van der Waals surface area contributed by atoms with Gasteiger partial charge >= 0.3 is 10.2 Å². The number of sulfonamides is 1. The molecule has 11 heteroatoms. The number of nitrogens with zero attached hydrogens (tertiary/aromatic N) is 1. The lowest BCUT2D eigenvalue weighted by molar-refractivity contribution is 0.392. The lowest BCUT2D eigenvalue weighted by Crippen LogP contribution is -2.29. The van der Waals surface area contributed by atoms with Crippen LogP contribution in [0.2, 0.25) is 0 Å². The highest BCUT2D eigenvalue weighted by Crippen LogP contribution is 2.32. The summed E-state index contributed by atoms with van der Waals surface area (Å²) in [6.45, 7) is 4.28. The van der Waals surface area contributed by atoms with Crippen molar-refractivity contribution in [2.24, 2.45) is 0 Å². The van der Waals surface area contributed by atoms with E-state index in [0.717, 1.165) is 16.1 Å². The Kier molecular flexibility index (Phi) is 6.48. The molecule has 0 fully saturated rings. The maximum absolute atomic E-state index is 12.4. The molecule has 1 heterocycles. The molecule has 0 atom stereocenters. The van der Waals surface area contributed by atoms with Crippen molar-refractivity contribution in [1.82, 2.24) is 9.44 Å². The second-order valence-electron chi connectivity index (χ2n) is 7.47. The van der Waals surface area contributed by atoms with Gasteiger partial charge in [0, 0.05) is 6.54 Å². The third-order valence-electron chi connectivity index (χ3n) is 4.80. The van der Waals surface area contributed by atoms with Crippen molar-refractivity contribution in [3.63, 3.8) is 0 Å². The molecular weight excluding hydrogens is 442 g/mol. The Hall–Kier alpha value is -2.76. The zero-order valence-corrected chi connectivity index (χ0v) is 18.7. The number of hydrogen-bond acceptors (Lipinski definition) is 6. The van der Waals surface area contributed by atoms with Gasteiger partial charge in [-0.15, -0.1) is 0 Å². The Morgan fingerprint density at radius 1 is 1.10 bits per heavy atom. The van der Waals surface area contributed by atoms with Gasteiger partial charge in [0.05, 0.1) is 11.1 Å². The second kappa shape index (κ2) is 8.77. The summed E-state index contributed by atoms with van der Waals surface area (Å²) in [5.74, 6) is -0.509. The van der Waals surface area contributed by atoms with E-state index in [1.165, 1.54) is 12.1 Å². The first-order chi connectivity index (χ1) is 14.5. The van der Waals surface area contributed by atoms with Crippen molar-refractivity contribution >= 4 is 25.9 Å². The molecule has 0 saturated carbocycles. The van der Waals surface area contributed by atoms with E-state index in [0.29, 0.717) is 24.3 Å². The highest BCUT2D eigenvalue weighted by atomic mass is 32.2. The summed E-state index contributed by atoms with van der Waals surface area (Å²) < 4.78 is 53.8. The number of phenolic OH excluding ortho intramolecular Hbond substituents is 1. The Morgan fingerprint density at radius 3 is 2.32 bits per heavy atom. The van der Waals surface area contributed by atoms with Crippen molar-refractivity contribution in [3.05, 3.63) is 65.7 Å². The molecule has 0 saturated heterocycles. The fourth-order valence-electron chi connectivity index (χ4n) is 3.11. The molecule has 2 aromatic rings. The molecule has 0 amide bonds. The Balaban J connectivity index is 1.58. The fraction of sp³-hybridized carbons (Fsp3) is 0.300. The minimum Gasteiger partial charge on any atom is -0.506 e. The predicted octanol–water partition coefficient (Wildman–Crippen LogP) is 2.44. The third-order valence-corrected chi connectivity index (χ3v) is 7.56. The molecule has 4 N–H and O–H groups in total. The molecule has 0 spiro atoms. The van der Waals surface area contributed by atoms with Crippen molar-refractivity contribution in [2.75, 3.05) is 10.8 Å². The zero-order valence-electron chi connectivity index (χ0n) is 17.1. The Labute approximate surface area is 182 Å². The molecule has 1 aliphatic heterocycles. The summed E-state index contributed by atoms with van der Waals surface area (Å²) in [7, 11) is -7.60. The lowest BCUT2D eigenvalue weighted by atomic mass is 10.0. The standard InChI is InChI=1S/C20H25N3O6S2/c1-14(2)16-6-8-17(9-7-16)30(26,27)21-11-3-4-15-5-10-18(19(24)12-15)23-13-20(25)22-31(23,28)29/h5-10,12-14,21-22,24-25H,3-4,11H2,1-2H3. The van der Waals surface area contributed by atoms with E-state index < -0.39 is 26.1 Å². The van der Waals surface area contributed by atoms with Gasteiger partial charge in [-0.25, -0.2) is 22.2 Å². The van der Waals surface area contributed by atoms with Crippen LogP contribution in [0.4, 0.5) is 5.69 Å². The number of rotatable bonds is 8. The van der Waals surface area contributed by atoms with Gasteiger partial charge in [-0.1, -0.05) is 32.0 Å². The molecule has 0 bridgehead atoms. The van der Waals surface area contributed by atoms with E-state index >= 15 is 0 Å². The Bertz CT molecular complexity index is 1190. The van der Waals surface area contributed by atoms with Gasteiger partial charge in [0.25, 0.3) is 0 Å². The third kappa shape index (κ3) is 5.30. The van der Waals surface area contributed by atoms with Crippen LogP contribution in [0.25, 0.3) is 0 Å². The molecular formula is C20H25N3O6S2. The summed E-state index contributed by atoms with van der Waals surface area (Å²) >= 11 is 0. The van der Waals surface area contributed by atoms with Crippen LogP contribution in [-0.4, -0.2) is 33.6 Å². The maximum atomic E-state index is 12.4. The van der Waals surface area contributed by atoms with E-state index in [9.17, 15) is 27.0 Å². The largest absolute Gasteiger partial charge is 0.506 e. The number of anilines is 1. The monoisotopic (exact) mass is 467 g/mol. The SMILES string of the molecule is CC(C)c1ccc(S(=O)(=O)NCCCc2ccc(N3C=C(O)NS3(=O)=O)c(O)c2)cc1. The molecule has 0 radical (unpaired) electrons. The van der Waals surface area contributed by atoms with Crippen LogP contribution < -0.4 is 13.7 Å². The number of hydrogen-bond donors (Lipinski definition) is 4. The quantitative estimate of drug-likeness (QED) is 0.440. The van der Waals surface area contributed by atoms with E-state index in [1.54, 1.807) is 30.3 Å². The van der Waals surface area contributed by atoms with E-state index in [-0.39, 0.29) is 22.9 Å². The molecule has 2 aromatic carbocycles. The molecule has 0 unspecified atom stereocenters. The smallest absolute Gasteiger partial charge is 0.330 e. The molecule has 9 nitrogen and oxygen atoms in total. The van der Waals surface area contributed by atoms with Gasteiger partial charge in [-0.3, -0.25) is 0 Å².